The molecule has 0 aliphatic carbocycles. The molecule has 1 saturated heterocycles. The first-order valence-electron chi connectivity index (χ1n) is 7.78. The van der Waals surface area contributed by atoms with E-state index in [1.54, 1.807) is 4.57 Å². The highest BCUT2D eigenvalue weighted by molar-refractivity contribution is 5.85. The number of anilines is 1. The monoisotopic (exact) mass is 343 g/mol. The van der Waals surface area contributed by atoms with Crippen molar-refractivity contribution in [3.05, 3.63) is 36.7 Å². The first kappa shape index (κ1) is 15.9. The van der Waals surface area contributed by atoms with Gasteiger partial charge in [0.2, 0.25) is 0 Å². The van der Waals surface area contributed by atoms with Crippen LogP contribution < -0.4 is 5.73 Å². The van der Waals surface area contributed by atoms with E-state index in [0.29, 0.717) is 17.0 Å². The lowest BCUT2D eigenvalue weighted by atomic mass is 10.1. The quantitative estimate of drug-likeness (QED) is 0.508. The van der Waals surface area contributed by atoms with Crippen molar-refractivity contribution in [3.63, 3.8) is 0 Å². The third-order valence-electron chi connectivity index (χ3n) is 4.31. The van der Waals surface area contributed by atoms with Gasteiger partial charge in [0.1, 0.15) is 30.5 Å². The van der Waals surface area contributed by atoms with E-state index in [9.17, 15) is 15.3 Å². The van der Waals surface area contributed by atoms with Gasteiger partial charge in [-0.3, -0.25) is 4.57 Å². The van der Waals surface area contributed by atoms with Crippen LogP contribution in [0.4, 0.5) is 5.82 Å². The molecule has 0 radical (unpaired) electrons. The van der Waals surface area contributed by atoms with E-state index >= 15 is 0 Å². The molecule has 25 heavy (non-hydrogen) atoms. The molecule has 5 N–H and O–H groups in total. The lowest BCUT2D eigenvalue weighted by Crippen LogP contribution is -2.33. The van der Waals surface area contributed by atoms with Crippen molar-refractivity contribution in [1.29, 1.82) is 0 Å². The molecular weight excluding hydrogens is 326 g/mol. The van der Waals surface area contributed by atoms with Crippen molar-refractivity contribution >= 4 is 17.0 Å². The highest BCUT2D eigenvalue weighted by atomic mass is 16.6. The number of rotatable bonds is 3. The number of ether oxygens (including phenoxy) is 1. The first-order chi connectivity index (χ1) is 12.1. The fraction of sp³-hybridized carbons (Fsp3) is 0.312. The van der Waals surface area contributed by atoms with Crippen LogP contribution in [0.5, 0.6) is 0 Å². The Labute approximate surface area is 142 Å². The third kappa shape index (κ3) is 2.45. The minimum absolute atomic E-state index is 0.202. The number of aromatic nitrogens is 4. The van der Waals surface area contributed by atoms with E-state index in [1.165, 1.54) is 6.33 Å². The van der Waals surface area contributed by atoms with Gasteiger partial charge in [-0.2, -0.15) is 0 Å². The number of aliphatic hydroxyl groups excluding tert-OH is 3. The van der Waals surface area contributed by atoms with Gasteiger partial charge in [0.25, 0.3) is 0 Å². The molecule has 1 fully saturated rings. The van der Waals surface area contributed by atoms with E-state index in [0.717, 1.165) is 5.56 Å². The maximum Gasteiger partial charge on any atom is 0.168 e. The van der Waals surface area contributed by atoms with Crippen LogP contribution in [0.1, 0.15) is 6.23 Å². The summed E-state index contributed by atoms with van der Waals surface area (Å²) in [7, 11) is 0. The Balaban J connectivity index is 1.94. The average molecular weight is 343 g/mol. The van der Waals surface area contributed by atoms with E-state index in [-0.39, 0.29) is 5.82 Å². The summed E-state index contributed by atoms with van der Waals surface area (Å²) in [4.78, 5) is 12.7. The number of aliphatic hydroxyl groups is 3. The van der Waals surface area contributed by atoms with Crippen LogP contribution >= 0.6 is 0 Å². The molecule has 4 rings (SSSR count). The summed E-state index contributed by atoms with van der Waals surface area (Å²) in [6, 6.07) is 9.28. The standard InChI is InChI=1S/C16H17N5O4/c17-13-10-15(19-7-18-13)21(14(20-10)8-4-2-1-3-5-8)16-12(24)11(23)9(6-22)25-16/h1-5,7,9,11-12,16,22-24H,6H2,(H2,17,18,19)/t9-,11-,12+,16-/m0/s1. The maximum atomic E-state index is 10.4. The fourth-order valence-corrected chi connectivity index (χ4v) is 3.05. The summed E-state index contributed by atoms with van der Waals surface area (Å²) in [5.41, 5.74) is 7.42. The largest absolute Gasteiger partial charge is 0.394 e. The van der Waals surface area contributed by atoms with E-state index in [2.05, 4.69) is 15.0 Å². The molecule has 1 aliphatic heterocycles. The molecule has 9 heteroatoms. The molecule has 0 saturated carbocycles. The molecule has 3 heterocycles. The Morgan fingerprint density at radius 1 is 1.12 bits per heavy atom. The number of nitrogen functional groups attached to an aromatic ring is 1. The van der Waals surface area contributed by atoms with Crippen LogP contribution in [-0.2, 0) is 4.74 Å². The zero-order valence-corrected chi connectivity index (χ0v) is 13.1. The zero-order chi connectivity index (χ0) is 17.6. The van der Waals surface area contributed by atoms with Gasteiger partial charge in [0.05, 0.1) is 6.61 Å². The smallest absolute Gasteiger partial charge is 0.168 e. The molecule has 130 valence electrons. The Bertz CT molecular complexity index is 900. The van der Waals surface area contributed by atoms with Crippen molar-refractivity contribution in [2.45, 2.75) is 24.5 Å². The number of hydrogen-bond donors (Lipinski definition) is 4. The second-order valence-electron chi connectivity index (χ2n) is 5.83. The third-order valence-corrected chi connectivity index (χ3v) is 4.31. The molecule has 0 unspecified atom stereocenters. The van der Waals surface area contributed by atoms with Crippen molar-refractivity contribution < 1.29 is 20.1 Å². The highest BCUT2D eigenvalue weighted by Crippen LogP contribution is 2.36. The number of nitrogens with two attached hydrogens (primary N) is 1. The second kappa shape index (κ2) is 6.05. The minimum Gasteiger partial charge on any atom is -0.394 e. The minimum atomic E-state index is -1.26. The second-order valence-corrected chi connectivity index (χ2v) is 5.83. The predicted octanol–water partition coefficient (Wildman–Crippen LogP) is -0.313. The first-order valence-corrected chi connectivity index (χ1v) is 7.78. The molecular formula is C16H17N5O4. The summed E-state index contributed by atoms with van der Waals surface area (Å²) in [6.45, 7) is -0.418. The van der Waals surface area contributed by atoms with Crippen LogP contribution in [0.3, 0.4) is 0 Å². The van der Waals surface area contributed by atoms with Crippen LogP contribution in [0.2, 0.25) is 0 Å². The van der Waals surface area contributed by atoms with Crippen LogP contribution in [0.25, 0.3) is 22.6 Å². The number of hydrogen-bond acceptors (Lipinski definition) is 8. The van der Waals surface area contributed by atoms with E-state index in [4.69, 9.17) is 10.5 Å². The van der Waals surface area contributed by atoms with Crippen molar-refractivity contribution in [3.8, 4) is 11.4 Å². The number of benzene rings is 1. The van der Waals surface area contributed by atoms with Crippen molar-refractivity contribution in [2.75, 3.05) is 12.3 Å². The van der Waals surface area contributed by atoms with Crippen molar-refractivity contribution in [1.82, 2.24) is 19.5 Å². The molecule has 0 amide bonds. The molecule has 1 aromatic carbocycles. The highest BCUT2D eigenvalue weighted by Gasteiger charge is 2.45. The summed E-state index contributed by atoms with van der Waals surface area (Å²) in [5, 5.41) is 29.9. The topological polar surface area (TPSA) is 140 Å². The van der Waals surface area contributed by atoms with E-state index in [1.807, 2.05) is 30.3 Å². The molecule has 4 atom stereocenters. The van der Waals surface area contributed by atoms with Gasteiger partial charge in [-0.25, -0.2) is 15.0 Å². The fourth-order valence-electron chi connectivity index (χ4n) is 3.05. The Morgan fingerprint density at radius 2 is 1.88 bits per heavy atom. The summed E-state index contributed by atoms with van der Waals surface area (Å²) in [5.74, 6) is 0.672. The summed E-state index contributed by atoms with van der Waals surface area (Å²) >= 11 is 0. The predicted molar refractivity (Wildman–Crippen MR) is 88.2 cm³/mol. The van der Waals surface area contributed by atoms with Crippen LogP contribution in [-0.4, -0.2) is 59.8 Å². The van der Waals surface area contributed by atoms with Crippen LogP contribution in [0, 0.1) is 0 Å². The molecule has 0 bridgehead atoms. The van der Waals surface area contributed by atoms with Crippen molar-refractivity contribution in [2.24, 2.45) is 0 Å². The summed E-state index contributed by atoms with van der Waals surface area (Å²) in [6.07, 6.45) is -3.06. The van der Waals surface area contributed by atoms with Gasteiger partial charge < -0.3 is 25.8 Å². The SMILES string of the molecule is Nc1ncnc2c1nc(-c1ccccc1)n2[C@H]1O[C@@H](CO)[C@H](O)[C@H]1O. The van der Waals surface area contributed by atoms with Gasteiger partial charge >= 0.3 is 0 Å². The van der Waals surface area contributed by atoms with Gasteiger partial charge in [-0.15, -0.1) is 0 Å². The number of fused-ring (bicyclic) bond motifs is 1. The molecule has 3 aromatic rings. The van der Waals surface area contributed by atoms with Gasteiger partial charge in [0.15, 0.2) is 23.2 Å². The lowest BCUT2D eigenvalue weighted by Gasteiger charge is -2.19. The zero-order valence-electron chi connectivity index (χ0n) is 13.1. The lowest BCUT2D eigenvalue weighted by molar-refractivity contribution is -0.0503. The normalized spacial score (nSPS) is 26.4. The molecule has 9 nitrogen and oxygen atoms in total. The molecule has 0 spiro atoms. The molecule has 1 aliphatic rings. The Morgan fingerprint density at radius 3 is 2.56 bits per heavy atom. The number of nitrogens with zero attached hydrogens (tertiary/aromatic N) is 4. The van der Waals surface area contributed by atoms with Gasteiger partial charge in [-0.1, -0.05) is 30.3 Å². The number of imidazole rings is 1. The van der Waals surface area contributed by atoms with Gasteiger partial charge in [0, 0.05) is 5.56 Å². The molecule has 2 aromatic heterocycles. The average Bonchev–Trinajstić information content (AvgIpc) is 3.15. The Kier molecular flexibility index (Phi) is 3.85. The summed E-state index contributed by atoms with van der Waals surface area (Å²) < 4.78 is 7.24. The maximum absolute atomic E-state index is 10.4. The van der Waals surface area contributed by atoms with Crippen LogP contribution in [0.15, 0.2) is 36.7 Å². The van der Waals surface area contributed by atoms with E-state index < -0.39 is 31.1 Å². The van der Waals surface area contributed by atoms with Gasteiger partial charge in [-0.05, 0) is 0 Å². The Hall–Kier alpha value is -2.59.